The van der Waals surface area contributed by atoms with Gasteiger partial charge in [-0.1, -0.05) is 206 Å². The Balaban J connectivity index is 0.000000171. The molecule has 7 rings (SSSR count). The van der Waals surface area contributed by atoms with Crippen molar-refractivity contribution in [2.24, 2.45) is 0 Å². The molecule has 0 aliphatic heterocycles. The summed E-state index contributed by atoms with van der Waals surface area (Å²) in [5.74, 6) is 0. The molecule has 0 aromatic heterocycles. The second-order valence-electron chi connectivity index (χ2n) is 10.8. The van der Waals surface area contributed by atoms with Crippen molar-refractivity contribution in [3.63, 3.8) is 0 Å². The molecule has 0 N–H and O–H groups in total. The smallest absolute Gasteiger partial charge is 0 e. The van der Waals surface area contributed by atoms with Crippen LogP contribution in [0.2, 0.25) is 0 Å². The van der Waals surface area contributed by atoms with Crippen LogP contribution in [0, 0.1) is 0 Å². The van der Waals surface area contributed by atoms with Gasteiger partial charge in [-0.25, -0.2) is 0 Å². The molecule has 0 saturated heterocycles. The number of hydrogen-bond acceptors (Lipinski definition) is 0. The molecule has 0 bridgehead atoms. The van der Waals surface area contributed by atoms with Crippen molar-refractivity contribution in [2.45, 2.75) is 25.7 Å². The number of rotatable bonds is 6. The molecule has 0 spiro atoms. The molecule has 6 aromatic rings. The molecular formula is C44H42NiP2. The van der Waals surface area contributed by atoms with Gasteiger partial charge in [-0.2, -0.15) is 0 Å². The molecule has 238 valence electrons. The van der Waals surface area contributed by atoms with E-state index in [-0.39, 0.29) is 16.5 Å². The Labute approximate surface area is 294 Å². The molecule has 0 atom stereocenters. The van der Waals surface area contributed by atoms with E-state index < -0.39 is 15.8 Å². The topological polar surface area (TPSA) is 0 Å². The van der Waals surface area contributed by atoms with Crippen LogP contribution in [0.15, 0.2) is 206 Å². The third kappa shape index (κ3) is 11.7. The number of hydrogen-bond donors (Lipinski definition) is 0. The second kappa shape index (κ2) is 21.1. The number of allylic oxidation sites excluding steroid dienone is 4. The van der Waals surface area contributed by atoms with Crippen LogP contribution < -0.4 is 31.8 Å². The summed E-state index contributed by atoms with van der Waals surface area (Å²) >= 11 is 0. The summed E-state index contributed by atoms with van der Waals surface area (Å²) in [4.78, 5) is 0. The van der Waals surface area contributed by atoms with E-state index in [9.17, 15) is 0 Å². The monoisotopic (exact) mass is 690 g/mol. The summed E-state index contributed by atoms with van der Waals surface area (Å²) in [7, 11) is -0.892. The van der Waals surface area contributed by atoms with E-state index in [4.69, 9.17) is 0 Å². The molecule has 3 heteroatoms. The van der Waals surface area contributed by atoms with Crippen LogP contribution in [0.1, 0.15) is 25.7 Å². The zero-order valence-electron chi connectivity index (χ0n) is 26.7. The third-order valence-electron chi connectivity index (χ3n) is 7.46. The predicted octanol–water partition coefficient (Wildman–Crippen LogP) is 9.56. The van der Waals surface area contributed by atoms with E-state index in [0.717, 1.165) is 0 Å². The quantitative estimate of drug-likeness (QED) is 0.121. The van der Waals surface area contributed by atoms with Crippen LogP contribution in [0.25, 0.3) is 0 Å². The van der Waals surface area contributed by atoms with Crippen molar-refractivity contribution < 1.29 is 16.5 Å². The third-order valence-corrected chi connectivity index (χ3v) is 12.3. The first-order valence-electron chi connectivity index (χ1n) is 16.1. The maximum Gasteiger partial charge on any atom is 0 e. The van der Waals surface area contributed by atoms with Gasteiger partial charge >= 0.3 is 0 Å². The van der Waals surface area contributed by atoms with Gasteiger partial charge in [0, 0.05) is 16.5 Å². The summed E-state index contributed by atoms with van der Waals surface area (Å²) in [6.07, 6.45) is 14.0. The van der Waals surface area contributed by atoms with Crippen molar-refractivity contribution in [1.82, 2.24) is 0 Å². The zero-order chi connectivity index (χ0) is 31.5. The van der Waals surface area contributed by atoms with E-state index in [0.29, 0.717) is 0 Å². The Kier molecular flexibility index (Phi) is 16.2. The molecule has 6 aromatic carbocycles. The van der Waals surface area contributed by atoms with Gasteiger partial charge in [0.1, 0.15) is 0 Å². The standard InChI is InChI=1S/2C18H15P.C8H12.Ni/c2*1-4-10-16(11-5-1)19(17-12-6-2-7-13-17)18-14-8-3-9-15-18;1-2-4-6-8-7-5-3-1;/h2*1-15H;1-4H,5-8H2;. The minimum atomic E-state index is -0.446. The summed E-state index contributed by atoms with van der Waals surface area (Å²) in [5.41, 5.74) is 0. The minimum Gasteiger partial charge on any atom is -0.0845 e. The average molecular weight is 691 g/mol. The van der Waals surface area contributed by atoms with Crippen molar-refractivity contribution >= 4 is 47.7 Å². The van der Waals surface area contributed by atoms with Crippen molar-refractivity contribution in [1.29, 1.82) is 0 Å². The van der Waals surface area contributed by atoms with Crippen molar-refractivity contribution in [3.05, 3.63) is 206 Å². The van der Waals surface area contributed by atoms with Gasteiger partial charge in [0.25, 0.3) is 0 Å². The predicted molar refractivity (Wildman–Crippen MR) is 207 cm³/mol. The first-order valence-corrected chi connectivity index (χ1v) is 18.8. The Bertz CT molecular complexity index is 1390. The van der Waals surface area contributed by atoms with Gasteiger partial charge < -0.3 is 0 Å². The molecule has 0 fully saturated rings. The van der Waals surface area contributed by atoms with Crippen LogP contribution in [0.4, 0.5) is 0 Å². The largest absolute Gasteiger partial charge is 0.0845 e. The van der Waals surface area contributed by atoms with Gasteiger partial charge in [0.15, 0.2) is 0 Å². The SMILES string of the molecule is C1=CCCCCC=C1.[Ni].c1ccc(P(c2ccccc2)c2ccccc2)cc1.c1ccc(P(c2ccccc2)c2ccccc2)cc1. The Morgan fingerprint density at radius 2 is 0.468 bits per heavy atom. The van der Waals surface area contributed by atoms with Crippen molar-refractivity contribution in [2.75, 3.05) is 0 Å². The molecule has 1 aliphatic rings. The van der Waals surface area contributed by atoms with Crippen LogP contribution in [0.3, 0.4) is 0 Å². The van der Waals surface area contributed by atoms with E-state index in [1.807, 2.05) is 0 Å². The summed E-state index contributed by atoms with van der Waals surface area (Å²) < 4.78 is 0. The molecule has 47 heavy (non-hydrogen) atoms. The maximum absolute atomic E-state index is 2.23. The summed E-state index contributed by atoms with van der Waals surface area (Å²) in [5, 5.41) is 8.39. The van der Waals surface area contributed by atoms with Crippen LogP contribution >= 0.6 is 15.8 Å². The zero-order valence-corrected chi connectivity index (χ0v) is 29.4. The van der Waals surface area contributed by atoms with Gasteiger partial charge in [-0.15, -0.1) is 0 Å². The Morgan fingerprint density at radius 3 is 0.660 bits per heavy atom. The molecule has 0 heterocycles. The number of benzene rings is 6. The molecule has 1 aliphatic carbocycles. The van der Waals surface area contributed by atoms with Gasteiger partial charge in [0.05, 0.1) is 0 Å². The molecule has 0 amide bonds. The van der Waals surface area contributed by atoms with Gasteiger partial charge in [-0.05, 0) is 73.4 Å². The molecule has 0 saturated carbocycles. The fourth-order valence-corrected chi connectivity index (χ4v) is 9.84. The van der Waals surface area contributed by atoms with E-state index in [1.165, 1.54) is 57.5 Å². The minimum absolute atomic E-state index is 0. The molecule has 0 nitrogen and oxygen atoms in total. The first-order chi connectivity index (χ1) is 22.9. The van der Waals surface area contributed by atoms with E-state index in [1.54, 1.807) is 0 Å². The average Bonchev–Trinajstić information content (AvgIpc) is 3.12. The summed E-state index contributed by atoms with van der Waals surface area (Å²) in [6, 6.07) is 64.7. The Morgan fingerprint density at radius 1 is 0.277 bits per heavy atom. The van der Waals surface area contributed by atoms with Crippen LogP contribution in [-0.4, -0.2) is 0 Å². The normalized spacial score (nSPS) is 12.0. The van der Waals surface area contributed by atoms with Crippen LogP contribution in [0.5, 0.6) is 0 Å². The molecule has 0 unspecified atom stereocenters. The van der Waals surface area contributed by atoms with Gasteiger partial charge in [-0.3, -0.25) is 0 Å². The van der Waals surface area contributed by atoms with Gasteiger partial charge in [0.2, 0.25) is 0 Å². The van der Waals surface area contributed by atoms with E-state index in [2.05, 4.69) is 206 Å². The first kappa shape index (κ1) is 36.0. The van der Waals surface area contributed by atoms with E-state index >= 15 is 0 Å². The maximum atomic E-state index is 2.23. The molecular weight excluding hydrogens is 649 g/mol. The fourth-order valence-electron chi connectivity index (χ4n) is 5.23. The van der Waals surface area contributed by atoms with Crippen LogP contribution in [-0.2, 0) is 16.5 Å². The molecule has 0 radical (unpaired) electrons. The fraction of sp³-hybridized carbons (Fsp3) is 0.0909. The Hall–Kier alpha value is -3.85. The second-order valence-corrected chi connectivity index (χ2v) is 15.3. The van der Waals surface area contributed by atoms with Crippen molar-refractivity contribution in [3.8, 4) is 0 Å². The summed E-state index contributed by atoms with van der Waals surface area (Å²) in [6.45, 7) is 0.